The summed E-state index contributed by atoms with van der Waals surface area (Å²) in [7, 11) is -2.36. The third kappa shape index (κ3) is 4.74. The fraction of sp³-hybridized carbons (Fsp3) is 0.600. The van der Waals surface area contributed by atoms with E-state index in [-0.39, 0.29) is 11.5 Å². The molecule has 0 amide bonds. The molecule has 3 unspecified atom stereocenters. The second kappa shape index (κ2) is 7.92. The Kier molecular flexibility index (Phi) is 6.82. The lowest BCUT2D eigenvalue weighted by Gasteiger charge is -2.45. The fourth-order valence-corrected chi connectivity index (χ4v) is 4.15. The Labute approximate surface area is 157 Å². The minimum atomic E-state index is -2.36. The lowest BCUT2D eigenvalue weighted by atomic mass is 9.69. The van der Waals surface area contributed by atoms with Gasteiger partial charge in [-0.25, -0.2) is 0 Å². The Morgan fingerprint density at radius 3 is 1.96 bits per heavy atom. The summed E-state index contributed by atoms with van der Waals surface area (Å²) in [4.78, 5) is 23.9. The third-order valence-electron chi connectivity index (χ3n) is 5.93. The maximum absolute atomic E-state index is 12.3. The lowest BCUT2D eigenvalue weighted by molar-refractivity contribution is -0.158. The molecule has 0 fully saturated rings. The largest absolute Gasteiger partial charge is 0.481 e. The molecule has 0 bridgehead atoms. The number of rotatable bonds is 8. The van der Waals surface area contributed by atoms with Crippen LogP contribution in [0.15, 0.2) is 30.3 Å². The van der Waals surface area contributed by atoms with Gasteiger partial charge < -0.3 is 14.6 Å². The van der Waals surface area contributed by atoms with E-state index in [2.05, 4.69) is 20.8 Å². The van der Waals surface area contributed by atoms with Crippen LogP contribution < -0.4 is 0 Å². The molecule has 1 aromatic carbocycles. The van der Waals surface area contributed by atoms with Gasteiger partial charge in [-0.15, -0.1) is 0 Å². The van der Waals surface area contributed by atoms with Crippen molar-refractivity contribution in [2.45, 2.75) is 71.2 Å². The maximum atomic E-state index is 12.3. The van der Waals surface area contributed by atoms with Gasteiger partial charge >= 0.3 is 11.9 Å². The first-order valence-corrected chi connectivity index (χ1v) is 11.8. The molecule has 1 aromatic rings. The summed E-state index contributed by atoms with van der Waals surface area (Å²) in [5, 5.41) is 19.4. The van der Waals surface area contributed by atoms with Gasteiger partial charge in [-0.1, -0.05) is 58.0 Å². The molecule has 0 radical (unpaired) electrons. The minimum absolute atomic E-state index is 0.154. The van der Waals surface area contributed by atoms with Gasteiger partial charge in [0.25, 0.3) is 0 Å². The minimum Gasteiger partial charge on any atom is -0.481 e. The molecule has 146 valence electrons. The molecule has 3 atom stereocenters. The standard InChI is InChI=1S/C20H32O5Si/c1-14(15-11-9-8-10-12-15)20(5,18(23)24)16(13-17(21)22)25-26(6,7)19(2,3)4/h8-12,14,16H,13H2,1-7H3,(H,21,22)(H,23,24). The van der Waals surface area contributed by atoms with Gasteiger partial charge in [0.1, 0.15) is 0 Å². The van der Waals surface area contributed by atoms with Crippen LogP contribution >= 0.6 is 0 Å². The molecule has 1 rings (SSSR count). The smallest absolute Gasteiger partial charge is 0.312 e. The van der Waals surface area contributed by atoms with E-state index in [4.69, 9.17) is 4.43 Å². The lowest BCUT2D eigenvalue weighted by Crippen LogP contribution is -2.53. The fourth-order valence-electron chi connectivity index (χ4n) is 2.76. The van der Waals surface area contributed by atoms with Gasteiger partial charge in [0, 0.05) is 0 Å². The van der Waals surface area contributed by atoms with Crippen molar-refractivity contribution in [3.05, 3.63) is 35.9 Å². The predicted molar refractivity (Wildman–Crippen MR) is 105 cm³/mol. The highest BCUT2D eigenvalue weighted by molar-refractivity contribution is 6.74. The molecule has 26 heavy (non-hydrogen) atoms. The summed E-state index contributed by atoms with van der Waals surface area (Å²) in [6, 6.07) is 9.32. The Morgan fingerprint density at radius 2 is 1.58 bits per heavy atom. The van der Waals surface area contributed by atoms with Gasteiger partial charge in [-0.3, -0.25) is 9.59 Å². The number of benzene rings is 1. The average molecular weight is 381 g/mol. The highest BCUT2D eigenvalue weighted by atomic mass is 28.4. The molecule has 0 saturated carbocycles. The number of hydrogen-bond acceptors (Lipinski definition) is 3. The van der Waals surface area contributed by atoms with Crippen molar-refractivity contribution >= 4 is 20.3 Å². The molecular weight excluding hydrogens is 348 g/mol. The van der Waals surface area contributed by atoms with E-state index in [1.165, 1.54) is 0 Å². The highest BCUT2D eigenvalue weighted by Gasteiger charge is 2.51. The number of carboxylic acid groups (broad SMARTS) is 2. The molecule has 5 nitrogen and oxygen atoms in total. The summed E-state index contributed by atoms with van der Waals surface area (Å²) in [6.07, 6.45) is -1.26. The summed E-state index contributed by atoms with van der Waals surface area (Å²) in [5.41, 5.74) is -0.512. The molecule has 0 aliphatic heterocycles. The zero-order valence-electron chi connectivity index (χ0n) is 16.9. The number of carbonyl (C=O) groups is 2. The first-order valence-electron chi connectivity index (χ1n) is 8.91. The Bertz CT molecular complexity index is 635. The number of carboxylic acids is 2. The monoisotopic (exact) mass is 380 g/mol. The van der Waals surface area contributed by atoms with Crippen molar-refractivity contribution in [2.75, 3.05) is 0 Å². The molecule has 0 spiro atoms. The van der Waals surface area contributed by atoms with Crippen LogP contribution in [-0.2, 0) is 14.0 Å². The van der Waals surface area contributed by atoms with Gasteiger partial charge in [0.2, 0.25) is 0 Å². The van der Waals surface area contributed by atoms with Gasteiger partial charge in [0.05, 0.1) is 17.9 Å². The predicted octanol–water partition coefficient (Wildman–Crippen LogP) is 4.75. The van der Waals surface area contributed by atoms with Gasteiger partial charge in [-0.05, 0) is 36.5 Å². The van der Waals surface area contributed by atoms with Crippen LogP contribution in [0.2, 0.25) is 18.1 Å². The molecular formula is C20H32O5Si. The Balaban J connectivity index is 3.41. The van der Waals surface area contributed by atoms with Crippen LogP contribution in [0.1, 0.15) is 52.5 Å². The van der Waals surface area contributed by atoms with Crippen LogP contribution in [0.4, 0.5) is 0 Å². The summed E-state index contributed by atoms with van der Waals surface area (Å²) >= 11 is 0. The molecule has 6 heteroatoms. The highest BCUT2D eigenvalue weighted by Crippen LogP contribution is 2.45. The SMILES string of the molecule is CC(c1ccccc1)C(C)(C(=O)O)C(CC(=O)O)O[Si](C)(C)C(C)(C)C. The molecule has 0 aliphatic rings. The van der Waals surface area contributed by atoms with E-state index >= 15 is 0 Å². The van der Waals surface area contributed by atoms with Crippen LogP contribution in [0.3, 0.4) is 0 Å². The topological polar surface area (TPSA) is 83.8 Å². The van der Waals surface area contributed by atoms with Crippen molar-refractivity contribution in [1.82, 2.24) is 0 Å². The normalized spacial score (nSPS) is 17.2. The number of hydrogen-bond donors (Lipinski definition) is 2. The van der Waals surface area contributed by atoms with Crippen molar-refractivity contribution in [3.63, 3.8) is 0 Å². The van der Waals surface area contributed by atoms with Crippen LogP contribution in [0.5, 0.6) is 0 Å². The molecule has 0 heterocycles. The van der Waals surface area contributed by atoms with E-state index in [9.17, 15) is 19.8 Å². The summed E-state index contributed by atoms with van der Waals surface area (Å²) < 4.78 is 6.36. The zero-order chi connectivity index (χ0) is 20.3. The van der Waals surface area contributed by atoms with Crippen LogP contribution in [-0.4, -0.2) is 36.6 Å². The average Bonchev–Trinajstić information content (AvgIpc) is 2.51. The van der Waals surface area contributed by atoms with Gasteiger partial charge in [0.15, 0.2) is 8.32 Å². The first kappa shape index (κ1) is 22.4. The molecule has 0 saturated heterocycles. The second-order valence-electron chi connectivity index (χ2n) is 8.68. The van der Waals surface area contributed by atoms with E-state index in [0.29, 0.717) is 0 Å². The van der Waals surface area contributed by atoms with Crippen LogP contribution in [0.25, 0.3) is 0 Å². The van der Waals surface area contributed by atoms with E-state index < -0.39 is 37.7 Å². The first-order chi connectivity index (χ1) is 11.7. The van der Waals surface area contributed by atoms with Crippen LogP contribution in [0, 0.1) is 5.41 Å². The summed E-state index contributed by atoms with van der Waals surface area (Å²) in [5.74, 6) is -2.50. The molecule has 0 aliphatic carbocycles. The summed E-state index contributed by atoms with van der Waals surface area (Å²) in [6.45, 7) is 13.6. The van der Waals surface area contributed by atoms with Gasteiger partial charge in [-0.2, -0.15) is 0 Å². The molecule has 2 N–H and O–H groups in total. The van der Waals surface area contributed by atoms with Crippen molar-refractivity contribution in [3.8, 4) is 0 Å². The zero-order valence-corrected chi connectivity index (χ0v) is 17.9. The third-order valence-corrected chi connectivity index (χ3v) is 10.4. The quantitative estimate of drug-likeness (QED) is 0.636. The van der Waals surface area contributed by atoms with Crippen molar-refractivity contribution in [2.24, 2.45) is 5.41 Å². The van der Waals surface area contributed by atoms with E-state index in [0.717, 1.165) is 5.56 Å². The van der Waals surface area contributed by atoms with E-state index in [1.807, 2.05) is 50.3 Å². The molecule has 0 aromatic heterocycles. The Morgan fingerprint density at radius 1 is 1.08 bits per heavy atom. The second-order valence-corrected chi connectivity index (χ2v) is 13.4. The number of aliphatic carboxylic acids is 2. The van der Waals surface area contributed by atoms with Crippen molar-refractivity contribution < 1.29 is 24.2 Å². The maximum Gasteiger partial charge on any atom is 0.312 e. The van der Waals surface area contributed by atoms with Crippen molar-refractivity contribution in [1.29, 1.82) is 0 Å². The van der Waals surface area contributed by atoms with E-state index in [1.54, 1.807) is 6.92 Å². The Hall–Kier alpha value is -1.66.